The third-order valence-electron chi connectivity index (χ3n) is 5.76. The second-order valence-corrected chi connectivity index (χ2v) is 13.9. The lowest BCUT2D eigenvalue weighted by molar-refractivity contribution is 0.177. The van der Waals surface area contributed by atoms with E-state index in [-0.39, 0.29) is 11.1 Å². The molecule has 0 aliphatic carbocycles. The summed E-state index contributed by atoms with van der Waals surface area (Å²) in [5.41, 5.74) is 2.92. The Bertz CT molecular complexity index is 908. The second-order valence-electron chi connectivity index (χ2n) is 9.10. The van der Waals surface area contributed by atoms with Gasteiger partial charge in [-0.2, -0.15) is 0 Å². The second kappa shape index (κ2) is 10.2. The SMILES string of the molecule is CC(C)(C)[Si](C)(C)O[C@@H](CNCCOc1ccc(-c2cocn2)cc1)c1cccnc1. The number of oxazole rings is 1. The maximum Gasteiger partial charge on any atom is 0.192 e. The molecule has 166 valence electrons. The van der Waals surface area contributed by atoms with Crippen molar-refractivity contribution >= 4 is 8.32 Å². The van der Waals surface area contributed by atoms with Crippen LogP contribution in [0.25, 0.3) is 11.3 Å². The van der Waals surface area contributed by atoms with Crippen LogP contribution < -0.4 is 10.1 Å². The van der Waals surface area contributed by atoms with E-state index in [9.17, 15) is 0 Å². The van der Waals surface area contributed by atoms with E-state index in [0.717, 1.165) is 29.1 Å². The highest BCUT2D eigenvalue weighted by molar-refractivity contribution is 6.74. The molecule has 0 amide bonds. The predicted octanol–water partition coefficient (Wildman–Crippen LogP) is 5.47. The molecule has 7 heteroatoms. The van der Waals surface area contributed by atoms with Gasteiger partial charge < -0.3 is 18.9 Å². The Hall–Kier alpha value is -2.48. The minimum atomic E-state index is -1.91. The largest absolute Gasteiger partial charge is 0.492 e. The van der Waals surface area contributed by atoms with Gasteiger partial charge in [0.25, 0.3) is 0 Å². The van der Waals surface area contributed by atoms with Gasteiger partial charge in [0.2, 0.25) is 0 Å². The molecular formula is C24H33N3O3Si. The number of hydrogen-bond donors (Lipinski definition) is 1. The Morgan fingerprint density at radius 3 is 2.52 bits per heavy atom. The standard InChI is InChI=1S/C24H33N3O3Si/c1-24(2,3)31(4,5)30-23(20-7-6-12-25-15-20)16-26-13-14-29-21-10-8-19(9-11-21)22-17-28-18-27-22/h6-12,15,17-18,23,26H,13-14,16H2,1-5H3/t23-/m0/s1. The van der Waals surface area contributed by atoms with Crippen LogP contribution in [0.4, 0.5) is 0 Å². The summed E-state index contributed by atoms with van der Waals surface area (Å²) < 4.78 is 17.6. The van der Waals surface area contributed by atoms with Gasteiger partial charge >= 0.3 is 0 Å². The molecular weight excluding hydrogens is 406 g/mol. The average molecular weight is 440 g/mol. The molecule has 0 aliphatic heterocycles. The average Bonchev–Trinajstić information content (AvgIpc) is 3.28. The molecule has 6 nitrogen and oxygen atoms in total. The summed E-state index contributed by atoms with van der Waals surface area (Å²) in [7, 11) is -1.91. The Morgan fingerprint density at radius 1 is 1.13 bits per heavy atom. The van der Waals surface area contributed by atoms with E-state index in [4.69, 9.17) is 13.6 Å². The lowest BCUT2D eigenvalue weighted by atomic mass is 10.1. The van der Waals surface area contributed by atoms with E-state index >= 15 is 0 Å². The molecule has 2 aromatic heterocycles. The van der Waals surface area contributed by atoms with Crippen molar-refractivity contribution in [3.8, 4) is 17.0 Å². The minimum absolute atomic E-state index is 0.0312. The van der Waals surface area contributed by atoms with E-state index in [2.05, 4.69) is 55.2 Å². The van der Waals surface area contributed by atoms with Gasteiger partial charge in [-0.15, -0.1) is 0 Å². The molecule has 0 unspecified atom stereocenters. The van der Waals surface area contributed by atoms with E-state index in [0.29, 0.717) is 13.2 Å². The first-order valence-corrected chi connectivity index (χ1v) is 13.6. The van der Waals surface area contributed by atoms with Gasteiger partial charge in [-0.25, -0.2) is 4.98 Å². The van der Waals surface area contributed by atoms with Gasteiger partial charge in [-0.3, -0.25) is 4.98 Å². The number of nitrogens with zero attached hydrogens (tertiary/aromatic N) is 2. The number of pyridine rings is 1. The van der Waals surface area contributed by atoms with Crippen LogP contribution in [0.1, 0.15) is 32.4 Å². The number of aromatic nitrogens is 2. The van der Waals surface area contributed by atoms with Crippen molar-refractivity contribution in [3.63, 3.8) is 0 Å². The fraction of sp³-hybridized carbons (Fsp3) is 0.417. The summed E-state index contributed by atoms with van der Waals surface area (Å²) in [5, 5.41) is 3.63. The molecule has 0 bridgehead atoms. The molecule has 0 radical (unpaired) electrons. The molecule has 1 atom stereocenters. The Kier molecular flexibility index (Phi) is 7.64. The molecule has 3 rings (SSSR count). The zero-order chi connectivity index (χ0) is 22.3. The fourth-order valence-electron chi connectivity index (χ4n) is 2.88. The van der Waals surface area contributed by atoms with Crippen LogP contribution in [0.2, 0.25) is 18.1 Å². The molecule has 0 saturated heterocycles. The molecule has 0 fully saturated rings. The van der Waals surface area contributed by atoms with Crippen LogP contribution in [-0.4, -0.2) is 38.0 Å². The molecule has 0 saturated carbocycles. The highest BCUT2D eigenvalue weighted by Gasteiger charge is 2.39. The monoisotopic (exact) mass is 439 g/mol. The van der Waals surface area contributed by atoms with Crippen LogP contribution in [0, 0.1) is 0 Å². The summed E-state index contributed by atoms with van der Waals surface area (Å²) in [6.45, 7) is 13.3. The highest BCUT2D eigenvalue weighted by Crippen LogP contribution is 2.39. The molecule has 2 heterocycles. The third kappa shape index (κ3) is 6.50. The normalized spacial score (nSPS) is 13.2. The van der Waals surface area contributed by atoms with Crippen molar-refractivity contribution < 1.29 is 13.6 Å². The highest BCUT2D eigenvalue weighted by atomic mass is 28.4. The van der Waals surface area contributed by atoms with Crippen LogP contribution in [0.3, 0.4) is 0 Å². The van der Waals surface area contributed by atoms with Gasteiger partial charge in [-0.05, 0) is 54.0 Å². The lowest BCUT2D eigenvalue weighted by Crippen LogP contribution is -2.43. The zero-order valence-corrected chi connectivity index (χ0v) is 20.1. The van der Waals surface area contributed by atoms with Crippen LogP contribution in [0.15, 0.2) is 65.9 Å². The van der Waals surface area contributed by atoms with Crippen molar-refractivity contribution in [1.29, 1.82) is 0 Å². The topological polar surface area (TPSA) is 69.4 Å². The van der Waals surface area contributed by atoms with Gasteiger partial charge in [0.15, 0.2) is 14.7 Å². The number of hydrogen-bond acceptors (Lipinski definition) is 6. The molecule has 31 heavy (non-hydrogen) atoms. The van der Waals surface area contributed by atoms with Gasteiger partial charge in [0.1, 0.15) is 24.3 Å². The summed E-state index contributed by atoms with van der Waals surface area (Å²) in [4.78, 5) is 8.43. The van der Waals surface area contributed by atoms with Gasteiger partial charge in [0, 0.05) is 31.0 Å². The predicted molar refractivity (Wildman–Crippen MR) is 126 cm³/mol. The molecule has 1 aromatic carbocycles. The van der Waals surface area contributed by atoms with Crippen LogP contribution in [-0.2, 0) is 4.43 Å². The summed E-state index contributed by atoms with van der Waals surface area (Å²) in [5.74, 6) is 0.829. The van der Waals surface area contributed by atoms with E-state index in [1.165, 1.54) is 6.39 Å². The number of benzene rings is 1. The van der Waals surface area contributed by atoms with Crippen molar-refractivity contribution in [2.24, 2.45) is 0 Å². The lowest BCUT2D eigenvalue weighted by Gasteiger charge is -2.39. The van der Waals surface area contributed by atoms with Crippen LogP contribution in [0.5, 0.6) is 5.75 Å². The molecule has 0 aliphatic rings. The number of nitrogens with one attached hydrogen (secondary N) is 1. The fourth-order valence-corrected chi connectivity index (χ4v) is 4.16. The van der Waals surface area contributed by atoms with E-state index in [1.807, 2.05) is 36.5 Å². The van der Waals surface area contributed by atoms with Gasteiger partial charge in [-0.1, -0.05) is 26.8 Å². The molecule has 3 aromatic rings. The minimum Gasteiger partial charge on any atom is -0.492 e. The summed E-state index contributed by atoms with van der Waals surface area (Å²) >= 11 is 0. The third-order valence-corrected chi connectivity index (χ3v) is 10.2. The van der Waals surface area contributed by atoms with Crippen molar-refractivity contribution in [2.45, 2.75) is 45.0 Å². The number of ether oxygens (including phenoxy) is 1. The van der Waals surface area contributed by atoms with Crippen molar-refractivity contribution in [2.75, 3.05) is 19.7 Å². The quantitative estimate of drug-likeness (QED) is 0.334. The molecule has 1 N–H and O–H groups in total. The smallest absolute Gasteiger partial charge is 0.192 e. The van der Waals surface area contributed by atoms with Crippen LogP contribution >= 0.6 is 0 Å². The van der Waals surface area contributed by atoms with Crippen molar-refractivity contribution in [3.05, 3.63) is 67.0 Å². The number of rotatable bonds is 10. The van der Waals surface area contributed by atoms with E-state index in [1.54, 1.807) is 12.5 Å². The maximum absolute atomic E-state index is 6.68. The summed E-state index contributed by atoms with van der Waals surface area (Å²) in [6, 6.07) is 11.9. The first-order valence-electron chi connectivity index (χ1n) is 10.7. The first-order chi connectivity index (χ1) is 14.8. The Morgan fingerprint density at radius 2 is 1.90 bits per heavy atom. The Labute approximate surface area is 186 Å². The zero-order valence-electron chi connectivity index (χ0n) is 19.1. The first kappa shape index (κ1) is 23.2. The van der Waals surface area contributed by atoms with Crippen molar-refractivity contribution in [1.82, 2.24) is 15.3 Å². The van der Waals surface area contributed by atoms with Gasteiger partial charge in [0.05, 0.1) is 6.10 Å². The maximum atomic E-state index is 6.68. The Balaban J connectivity index is 1.50. The molecule has 0 spiro atoms. The van der Waals surface area contributed by atoms with E-state index < -0.39 is 8.32 Å². The summed E-state index contributed by atoms with van der Waals surface area (Å²) in [6.07, 6.45) is 6.72.